The Balaban J connectivity index is 1.39. The van der Waals surface area contributed by atoms with Crippen molar-refractivity contribution >= 4 is 29.2 Å². The van der Waals surface area contributed by atoms with Crippen LogP contribution in [0.3, 0.4) is 0 Å². The number of halogens is 1. The van der Waals surface area contributed by atoms with Crippen molar-refractivity contribution in [3.8, 4) is 0 Å². The summed E-state index contributed by atoms with van der Waals surface area (Å²) in [5.41, 5.74) is 3.29. The SMILES string of the molecule is Cc1nc2ccc(Cl)cn2c1C(=O)N1CCN(C/C=C/c2ccccc2)CC1. The minimum atomic E-state index is 0.0201. The van der Waals surface area contributed by atoms with Gasteiger partial charge in [0.15, 0.2) is 0 Å². The van der Waals surface area contributed by atoms with Crippen LogP contribution in [0.2, 0.25) is 5.02 Å². The fourth-order valence-electron chi connectivity index (χ4n) is 3.58. The third-order valence-corrected chi connectivity index (χ3v) is 5.32. The molecule has 1 fully saturated rings. The first-order chi connectivity index (χ1) is 13.6. The van der Waals surface area contributed by atoms with Gasteiger partial charge in [-0.05, 0) is 24.6 Å². The van der Waals surface area contributed by atoms with Gasteiger partial charge in [-0.1, -0.05) is 54.1 Å². The first-order valence-electron chi connectivity index (χ1n) is 9.49. The highest BCUT2D eigenvalue weighted by atomic mass is 35.5. The van der Waals surface area contributed by atoms with Gasteiger partial charge in [0.1, 0.15) is 11.3 Å². The second-order valence-electron chi connectivity index (χ2n) is 7.03. The highest BCUT2D eigenvalue weighted by Crippen LogP contribution is 2.18. The second kappa shape index (κ2) is 8.17. The van der Waals surface area contributed by atoms with Crippen LogP contribution in [0.4, 0.5) is 0 Å². The number of aryl methyl sites for hydroxylation is 1. The van der Waals surface area contributed by atoms with Gasteiger partial charge >= 0.3 is 0 Å². The average molecular weight is 395 g/mol. The number of nitrogens with zero attached hydrogens (tertiary/aromatic N) is 4. The zero-order chi connectivity index (χ0) is 19.5. The molecule has 28 heavy (non-hydrogen) atoms. The molecule has 0 aliphatic carbocycles. The van der Waals surface area contributed by atoms with Gasteiger partial charge in [0.05, 0.1) is 10.7 Å². The lowest BCUT2D eigenvalue weighted by Gasteiger charge is -2.34. The van der Waals surface area contributed by atoms with E-state index in [-0.39, 0.29) is 5.91 Å². The molecule has 6 heteroatoms. The van der Waals surface area contributed by atoms with Crippen LogP contribution in [0, 0.1) is 6.92 Å². The van der Waals surface area contributed by atoms with Gasteiger partial charge < -0.3 is 4.90 Å². The van der Waals surface area contributed by atoms with Gasteiger partial charge in [-0.25, -0.2) is 4.98 Å². The Morgan fingerprint density at radius 3 is 2.61 bits per heavy atom. The number of carbonyl (C=O) groups excluding carboxylic acids is 1. The number of rotatable bonds is 4. The summed E-state index contributed by atoms with van der Waals surface area (Å²) in [6, 6.07) is 13.9. The van der Waals surface area contributed by atoms with Crippen LogP contribution in [0.5, 0.6) is 0 Å². The molecule has 144 valence electrons. The third kappa shape index (κ3) is 3.96. The molecule has 0 radical (unpaired) electrons. The smallest absolute Gasteiger partial charge is 0.272 e. The number of pyridine rings is 1. The maximum absolute atomic E-state index is 13.1. The van der Waals surface area contributed by atoms with Crippen LogP contribution >= 0.6 is 11.6 Å². The predicted molar refractivity (Wildman–Crippen MR) is 113 cm³/mol. The van der Waals surface area contributed by atoms with Crippen molar-refractivity contribution in [1.29, 1.82) is 0 Å². The summed E-state index contributed by atoms with van der Waals surface area (Å²) in [6.45, 7) is 5.92. The third-order valence-electron chi connectivity index (χ3n) is 5.09. The van der Waals surface area contributed by atoms with Crippen molar-refractivity contribution < 1.29 is 4.79 Å². The van der Waals surface area contributed by atoms with E-state index in [0.29, 0.717) is 23.8 Å². The number of fused-ring (bicyclic) bond motifs is 1. The van der Waals surface area contributed by atoms with Crippen LogP contribution in [-0.4, -0.2) is 57.8 Å². The van der Waals surface area contributed by atoms with E-state index in [1.807, 2.05) is 36.1 Å². The molecule has 0 bridgehead atoms. The molecule has 1 aromatic carbocycles. The minimum Gasteiger partial charge on any atom is -0.335 e. The topological polar surface area (TPSA) is 40.9 Å². The summed E-state index contributed by atoms with van der Waals surface area (Å²) in [4.78, 5) is 21.9. The van der Waals surface area contributed by atoms with Crippen molar-refractivity contribution in [3.63, 3.8) is 0 Å². The zero-order valence-corrected chi connectivity index (χ0v) is 16.6. The van der Waals surface area contributed by atoms with Crippen molar-refractivity contribution in [3.05, 3.63) is 76.7 Å². The molecule has 5 nitrogen and oxygen atoms in total. The number of aromatic nitrogens is 2. The molecule has 1 amide bonds. The van der Waals surface area contributed by atoms with Gasteiger partial charge in [-0.15, -0.1) is 0 Å². The van der Waals surface area contributed by atoms with E-state index in [0.717, 1.165) is 31.0 Å². The summed E-state index contributed by atoms with van der Waals surface area (Å²) < 4.78 is 1.80. The van der Waals surface area contributed by atoms with Gasteiger partial charge in [-0.2, -0.15) is 0 Å². The van der Waals surface area contributed by atoms with E-state index in [9.17, 15) is 4.79 Å². The van der Waals surface area contributed by atoms with Crippen molar-refractivity contribution in [2.45, 2.75) is 6.92 Å². The number of hydrogen-bond acceptors (Lipinski definition) is 3. The molecule has 1 aliphatic rings. The van der Waals surface area contributed by atoms with Crippen LogP contribution in [0.25, 0.3) is 11.7 Å². The molecule has 3 heterocycles. The number of amides is 1. The number of hydrogen-bond donors (Lipinski definition) is 0. The zero-order valence-electron chi connectivity index (χ0n) is 15.9. The highest BCUT2D eigenvalue weighted by molar-refractivity contribution is 6.30. The van der Waals surface area contributed by atoms with Gasteiger partial charge in [0.25, 0.3) is 5.91 Å². The highest BCUT2D eigenvalue weighted by Gasteiger charge is 2.25. The van der Waals surface area contributed by atoms with E-state index in [4.69, 9.17) is 11.6 Å². The Bertz CT molecular complexity index is 1000. The number of carbonyl (C=O) groups is 1. The maximum Gasteiger partial charge on any atom is 0.272 e. The lowest BCUT2D eigenvalue weighted by molar-refractivity contribution is 0.0642. The largest absolute Gasteiger partial charge is 0.335 e. The maximum atomic E-state index is 13.1. The lowest BCUT2D eigenvalue weighted by Crippen LogP contribution is -2.49. The Morgan fingerprint density at radius 1 is 1.11 bits per heavy atom. The van der Waals surface area contributed by atoms with Crippen LogP contribution in [0.15, 0.2) is 54.7 Å². The van der Waals surface area contributed by atoms with E-state index in [1.54, 1.807) is 16.7 Å². The lowest BCUT2D eigenvalue weighted by atomic mass is 10.2. The molecule has 0 N–H and O–H groups in total. The van der Waals surface area contributed by atoms with Gasteiger partial charge in [0.2, 0.25) is 0 Å². The molecule has 0 saturated carbocycles. The van der Waals surface area contributed by atoms with Crippen molar-refractivity contribution in [1.82, 2.24) is 19.2 Å². The number of benzene rings is 1. The van der Waals surface area contributed by atoms with E-state index in [2.05, 4.69) is 34.2 Å². The van der Waals surface area contributed by atoms with E-state index in [1.165, 1.54) is 5.56 Å². The van der Waals surface area contributed by atoms with Crippen molar-refractivity contribution in [2.75, 3.05) is 32.7 Å². The Morgan fingerprint density at radius 2 is 1.86 bits per heavy atom. The normalized spacial score (nSPS) is 15.6. The summed E-state index contributed by atoms with van der Waals surface area (Å²) >= 11 is 6.12. The molecule has 3 aromatic rings. The fourth-order valence-corrected chi connectivity index (χ4v) is 3.74. The Labute approximate surface area is 169 Å². The first-order valence-corrected chi connectivity index (χ1v) is 9.87. The Kier molecular flexibility index (Phi) is 5.46. The van der Waals surface area contributed by atoms with E-state index < -0.39 is 0 Å². The van der Waals surface area contributed by atoms with Crippen LogP contribution in [-0.2, 0) is 0 Å². The summed E-state index contributed by atoms with van der Waals surface area (Å²) in [6.07, 6.45) is 6.08. The number of piperazine rings is 1. The molecule has 1 aliphatic heterocycles. The minimum absolute atomic E-state index is 0.0201. The van der Waals surface area contributed by atoms with Crippen LogP contribution in [0.1, 0.15) is 21.7 Å². The summed E-state index contributed by atoms with van der Waals surface area (Å²) in [5, 5.41) is 0.592. The quantitative estimate of drug-likeness (QED) is 0.676. The monoisotopic (exact) mass is 394 g/mol. The molecular formula is C22H23ClN4O. The molecule has 0 atom stereocenters. The van der Waals surface area contributed by atoms with Gasteiger partial charge in [-0.3, -0.25) is 14.1 Å². The standard InChI is InChI=1S/C22H23ClN4O/c1-17-21(27-16-19(23)9-10-20(27)24-17)22(28)26-14-12-25(13-15-26)11-5-8-18-6-3-2-4-7-18/h2-10,16H,11-15H2,1H3/b8-5+. The molecule has 2 aromatic heterocycles. The molecular weight excluding hydrogens is 372 g/mol. The molecule has 4 rings (SSSR count). The summed E-state index contributed by atoms with van der Waals surface area (Å²) in [5.74, 6) is 0.0201. The van der Waals surface area contributed by atoms with E-state index >= 15 is 0 Å². The summed E-state index contributed by atoms with van der Waals surface area (Å²) in [7, 11) is 0. The second-order valence-corrected chi connectivity index (χ2v) is 7.46. The predicted octanol–water partition coefficient (Wildman–Crippen LogP) is 3.77. The van der Waals surface area contributed by atoms with Crippen molar-refractivity contribution in [2.24, 2.45) is 0 Å². The molecule has 1 saturated heterocycles. The van der Waals surface area contributed by atoms with Crippen LogP contribution < -0.4 is 0 Å². The van der Waals surface area contributed by atoms with Gasteiger partial charge in [0, 0.05) is 38.9 Å². The first kappa shape index (κ1) is 18.7. The molecule has 0 unspecified atom stereocenters. The fraction of sp³-hybridized carbons (Fsp3) is 0.273. The Hall–Kier alpha value is -2.63. The average Bonchev–Trinajstić information content (AvgIpc) is 3.04. The molecule has 0 spiro atoms. The number of imidazole rings is 1.